The molecule has 0 fully saturated rings. The highest BCUT2D eigenvalue weighted by atomic mass is 35.5. The Labute approximate surface area is 147 Å². The number of esters is 1. The van der Waals surface area contributed by atoms with Crippen LogP contribution in [-0.2, 0) is 14.3 Å². The van der Waals surface area contributed by atoms with Crippen molar-refractivity contribution in [2.75, 3.05) is 19.7 Å². The summed E-state index contributed by atoms with van der Waals surface area (Å²) in [6.45, 7) is 0.804. The minimum atomic E-state index is -4.60. The molecule has 0 saturated carbocycles. The molecule has 24 heavy (non-hydrogen) atoms. The van der Waals surface area contributed by atoms with Crippen LogP contribution in [0.4, 0.5) is 13.2 Å². The zero-order valence-corrected chi connectivity index (χ0v) is 14.7. The zero-order chi connectivity index (χ0) is 18.3. The van der Waals surface area contributed by atoms with Crippen molar-refractivity contribution in [1.82, 2.24) is 4.90 Å². The number of rotatable bonds is 7. The van der Waals surface area contributed by atoms with Crippen molar-refractivity contribution in [1.29, 1.82) is 0 Å². The van der Waals surface area contributed by atoms with E-state index in [0.717, 1.165) is 11.8 Å². The fourth-order valence-electron chi connectivity index (χ4n) is 1.82. The molecule has 1 atom stereocenters. The van der Waals surface area contributed by atoms with Crippen LogP contribution in [0.1, 0.15) is 13.8 Å². The Morgan fingerprint density at radius 1 is 1.29 bits per heavy atom. The molecule has 0 aliphatic rings. The van der Waals surface area contributed by atoms with E-state index in [1.54, 1.807) is 24.3 Å². The van der Waals surface area contributed by atoms with E-state index in [1.165, 1.54) is 13.8 Å². The van der Waals surface area contributed by atoms with Crippen LogP contribution in [0.2, 0.25) is 5.02 Å². The number of nitrogens with zero attached hydrogens (tertiary/aromatic N) is 1. The first kappa shape index (κ1) is 20.6. The number of hydrogen-bond donors (Lipinski definition) is 0. The lowest BCUT2D eigenvalue weighted by Crippen LogP contribution is -2.45. The van der Waals surface area contributed by atoms with Gasteiger partial charge in [0.25, 0.3) is 0 Å². The molecule has 1 unspecified atom stereocenters. The lowest BCUT2D eigenvalue weighted by molar-refractivity contribution is -0.166. The molecule has 4 nitrogen and oxygen atoms in total. The lowest BCUT2D eigenvalue weighted by atomic mass is 10.3. The van der Waals surface area contributed by atoms with Gasteiger partial charge in [-0.3, -0.25) is 9.59 Å². The summed E-state index contributed by atoms with van der Waals surface area (Å²) in [5.41, 5.74) is 0. The Hall–Kier alpha value is -1.41. The van der Waals surface area contributed by atoms with Gasteiger partial charge in [0.15, 0.2) is 0 Å². The topological polar surface area (TPSA) is 46.6 Å². The number of carbonyl (C=O) groups is 2. The number of carbonyl (C=O) groups excluding carboxylic acids is 2. The number of alkyl halides is 3. The van der Waals surface area contributed by atoms with E-state index in [9.17, 15) is 22.8 Å². The third-order valence-corrected chi connectivity index (χ3v) is 4.13. The summed E-state index contributed by atoms with van der Waals surface area (Å²) >= 11 is 6.85. The van der Waals surface area contributed by atoms with Crippen molar-refractivity contribution >= 4 is 35.2 Å². The van der Waals surface area contributed by atoms with Crippen molar-refractivity contribution in [2.45, 2.75) is 30.2 Å². The first-order chi connectivity index (χ1) is 11.1. The third-order valence-electron chi connectivity index (χ3n) is 2.78. The molecular weight excluding hydrogens is 367 g/mol. The second kappa shape index (κ2) is 9.17. The molecule has 1 rings (SSSR count). The Morgan fingerprint density at radius 2 is 1.88 bits per heavy atom. The van der Waals surface area contributed by atoms with Gasteiger partial charge in [-0.1, -0.05) is 11.6 Å². The maximum atomic E-state index is 12.7. The summed E-state index contributed by atoms with van der Waals surface area (Å²) in [7, 11) is 0. The SMILES string of the molecule is CCOC(=O)CN(CC(F)(F)F)C(=O)C(C)Sc1ccc(Cl)cc1. The highest BCUT2D eigenvalue weighted by molar-refractivity contribution is 8.00. The van der Waals surface area contributed by atoms with Crippen molar-refractivity contribution in [3.05, 3.63) is 29.3 Å². The maximum Gasteiger partial charge on any atom is 0.406 e. The molecule has 0 saturated heterocycles. The third kappa shape index (κ3) is 7.44. The molecule has 0 aliphatic carbocycles. The molecule has 1 amide bonds. The van der Waals surface area contributed by atoms with Gasteiger partial charge in [-0.25, -0.2) is 0 Å². The largest absolute Gasteiger partial charge is 0.465 e. The van der Waals surface area contributed by atoms with Crippen molar-refractivity contribution in [3.63, 3.8) is 0 Å². The lowest BCUT2D eigenvalue weighted by Gasteiger charge is -2.25. The molecule has 0 aliphatic heterocycles. The van der Waals surface area contributed by atoms with E-state index in [-0.39, 0.29) is 6.61 Å². The number of hydrogen-bond acceptors (Lipinski definition) is 4. The molecule has 134 valence electrons. The van der Waals surface area contributed by atoms with Crippen LogP contribution in [-0.4, -0.2) is 47.9 Å². The first-order valence-electron chi connectivity index (χ1n) is 7.05. The van der Waals surface area contributed by atoms with Gasteiger partial charge in [-0.15, -0.1) is 11.8 Å². The van der Waals surface area contributed by atoms with Crippen LogP contribution < -0.4 is 0 Å². The van der Waals surface area contributed by atoms with Crippen LogP contribution >= 0.6 is 23.4 Å². The minimum Gasteiger partial charge on any atom is -0.465 e. The molecular formula is C15H17ClF3NO3S. The second-order valence-electron chi connectivity index (χ2n) is 4.83. The average molecular weight is 384 g/mol. The number of benzene rings is 1. The van der Waals surface area contributed by atoms with E-state index < -0.39 is 36.4 Å². The molecule has 1 aromatic carbocycles. The van der Waals surface area contributed by atoms with E-state index in [4.69, 9.17) is 11.6 Å². The van der Waals surface area contributed by atoms with E-state index in [2.05, 4.69) is 4.74 Å². The Bertz CT molecular complexity index is 566. The van der Waals surface area contributed by atoms with Crippen molar-refractivity contribution in [3.8, 4) is 0 Å². The second-order valence-corrected chi connectivity index (χ2v) is 6.68. The van der Waals surface area contributed by atoms with Crippen LogP contribution in [0, 0.1) is 0 Å². The smallest absolute Gasteiger partial charge is 0.406 e. The summed E-state index contributed by atoms with van der Waals surface area (Å²) in [5, 5.41) is -0.290. The quantitative estimate of drug-likeness (QED) is 0.531. The predicted molar refractivity (Wildman–Crippen MR) is 86.0 cm³/mol. The van der Waals surface area contributed by atoms with E-state index in [0.29, 0.717) is 14.8 Å². The average Bonchev–Trinajstić information content (AvgIpc) is 2.47. The maximum absolute atomic E-state index is 12.7. The fraction of sp³-hybridized carbons (Fsp3) is 0.467. The van der Waals surface area contributed by atoms with Gasteiger partial charge in [0, 0.05) is 9.92 Å². The van der Waals surface area contributed by atoms with Crippen LogP contribution in [0.25, 0.3) is 0 Å². The number of halogens is 4. The Kier molecular flexibility index (Phi) is 7.89. The molecule has 9 heteroatoms. The highest BCUT2D eigenvalue weighted by Crippen LogP contribution is 2.27. The standard InChI is InChI=1S/C15H17ClF3NO3S/c1-3-23-13(21)8-20(9-15(17,18)19)14(22)10(2)24-12-6-4-11(16)5-7-12/h4-7,10H,3,8-9H2,1-2H3. The molecule has 0 aromatic heterocycles. The molecule has 0 bridgehead atoms. The van der Waals surface area contributed by atoms with Gasteiger partial charge >= 0.3 is 12.1 Å². The molecule has 0 spiro atoms. The Morgan fingerprint density at radius 3 is 2.38 bits per heavy atom. The summed E-state index contributed by atoms with van der Waals surface area (Å²) < 4.78 is 42.6. The van der Waals surface area contributed by atoms with Gasteiger partial charge < -0.3 is 9.64 Å². The monoisotopic (exact) mass is 383 g/mol. The van der Waals surface area contributed by atoms with Gasteiger partial charge in [0.2, 0.25) is 5.91 Å². The molecule has 1 aromatic rings. The van der Waals surface area contributed by atoms with E-state index >= 15 is 0 Å². The Balaban J connectivity index is 2.80. The fourth-order valence-corrected chi connectivity index (χ4v) is 2.89. The summed E-state index contributed by atoms with van der Waals surface area (Å²) in [6.07, 6.45) is -4.60. The van der Waals surface area contributed by atoms with Gasteiger partial charge in [-0.05, 0) is 38.1 Å². The number of ether oxygens (including phenoxy) is 1. The van der Waals surface area contributed by atoms with Crippen LogP contribution in [0.15, 0.2) is 29.2 Å². The highest BCUT2D eigenvalue weighted by Gasteiger charge is 2.35. The van der Waals surface area contributed by atoms with Gasteiger partial charge in [0.1, 0.15) is 13.1 Å². The number of thioether (sulfide) groups is 1. The predicted octanol–water partition coefficient (Wildman–Crippen LogP) is 3.77. The van der Waals surface area contributed by atoms with Gasteiger partial charge in [0.05, 0.1) is 11.9 Å². The van der Waals surface area contributed by atoms with Crippen molar-refractivity contribution in [2.24, 2.45) is 0 Å². The van der Waals surface area contributed by atoms with Crippen LogP contribution in [0.5, 0.6) is 0 Å². The normalized spacial score (nSPS) is 12.6. The van der Waals surface area contributed by atoms with Crippen molar-refractivity contribution < 1.29 is 27.5 Å². The number of amides is 1. The van der Waals surface area contributed by atoms with E-state index in [1.807, 2.05) is 0 Å². The zero-order valence-electron chi connectivity index (χ0n) is 13.1. The molecule has 0 heterocycles. The summed E-state index contributed by atoms with van der Waals surface area (Å²) in [4.78, 5) is 24.9. The minimum absolute atomic E-state index is 0.0297. The molecule has 0 N–H and O–H groups in total. The first-order valence-corrected chi connectivity index (χ1v) is 8.31. The summed E-state index contributed by atoms with van der Waals surface area (Å²) in [5.74, 6) is -1.67. The van der Waals surface area contributed by atoms with Gasteiger partial charge in [-0.2, -0.15) is 13.2 Å². The summed E-state index contributed by atoms with van der Waals surface area (Å²) in [6, 6.07) is 6.56. The van der Waals surface area contributed by atoms with Crippen LogP contribution in [0.3, 0.4) is 0 Å². The molecule has 0 radical (unpaired) electrons.